The van der Waals surface area contributed by atoms with Crippen molar-refractivity contribution in [2.75, 3.05) is 152 Å². The Labute approximate surface area is 411 Å². The fourth-order valence-corrected chi connectivity index (χ4v) is 7.55. The number of hydrogen-bond acceptors (Lipinski definition) is 12. The Balaban J connectivity index is 0.960. The average Bonchev–Trinajstić information content (AvgIpc) is 3.38. The van der Waals surface area contributed by atoms with Crippen LogP contribution in [0.25, 0.3) is 0 Å². The molecule has 0 aliphatic rings. The van der Waals surface area contributed by atoms with E-state index in [1.807, 2.05) is 54.6 Å². The van der Waals surface area contributed by atoms with Crippen molar-refractivity contribution in [2.45, 2.75) is 96.0 Å². The molecule has 0 unspecified atom stereocenters. The van der Waals surface area contributed by atoms with Crippen molar-refractivity contribution in [2.24, 2.45) is 0 Å². The molecule has 3 aromatic carbocycles. The predicted octanol–water partition coefficient (Wildman–Crippen LogP) is 10.3. The van der Waals surface area contributed by atoms with Gasteiger partial charge in [-0.15, -0.1) is 0 Å². The molecule has 0 aliphatic heterocycles. The summed E-state index contributed by atoms with van der Waals surface area (Å²) in [6.07, 6.45) is 17.8. The summed E-state index contributed by atoms with van der Waals surface area (Å²) < 4.78 is 68.6. The average molecular weight is 955 g/mol. The lowest BCUT2D eigenvalue weighted by Gasteiger charge is -2.36. The maximum absolute atomic E-state index is 6.75. The first-order chi connectivity index (χ1) is 33.9. The molecule has 386 valence electrons. The minimum Gasteiger partial charge on any atom is -0.379 e. The molecule has 0 aromatic heterocycles. The second kappa shape index (κ2) is 45.3. The normalized spacial score (nSPS) is 11.8. The molecule has 0 saturated heterocycles. The maximum atomic E-state index is 6.75. The van der Waals surface area contributed by atoms with E-state index < -0.39 is 5.60 Å². The third-order valence-corrected chi connectivity index (χ3v) is 11.2. The van der Waals surface area contributed by atoms with Gasteiger partial charge in [0.15, 0.2) is 0 Å². The molecule has 0 atom stereocenters. The van der Waals surface area contributed by atoms with Gasteiger partial charge in [-0.05, 0) is 23.1 Å². The second-order valence-electron chi connectivity index (χ2n) is 16.6. The molecule has 12 nitrogen and oxygen atoms in total. The van der Waals surface area contributed by atoms with Gasteiger partial charge < -0.3 is 56.8 Å². The van der Waals surface area contributed by atoms with Crippen molar-refractivity contribution in [3.8, 4) is 0 Å². The van der Waals surface area contributed by atoms with Crippen molar-refractivity contribution in [1.29, 1.82) is 0 Å². The minimum absolute atomic E-state index is 0.416. The zero-order chi connectivity index (χ0) is 47.8. The van der Waals surface area contributed by atoms with Gasteiger partial charge in [0.1, 0.15) is 5.60 Å². The van der Waals surface area contributed by atoms with Crippen LogP contribution in [-0.2, 0) is 62.4 Å². The highest BCUT2D eigenvalue weighted by Gasteiger charge is 2.37. The Morgan fingerprint density at radius 1 is 0.235 bits per heavy atom. The smallest absolute Gasteiger partial charge is 0.143 e. The third kappa shape index (κ3) is 30.7. The molecule has 0 amide bonds. The summed E-state index contributed by atoms with van der Waals surface area (Å²) >= 11 is 0. The van der Waals surface area contributed by atoms with E-state index in [2.05, 4.69) is 43.3 Å². The molecule has 3 rings (SSSR count). The first-order valence-electron chi connectivity index (χ1n) is 26.0. The maximum Gasteiger partial charge on any atom is 0.143 e. The van der Waals surface area contributed by atoms with E-state index in [0.29, 0.717) is 145 Å². The van der Waals surface area contributed by atoms with E-state index in [1.165, 1.54) is 77.0 Å². The SMILES string of the molecule is CCCCCCCCCCCCCCCOCCOCCOCCOCCOCCOCCOCCOCCOCCOCCOCCOC(c1ccccc1)(c1ccccc1)c1ccccc1. The lowest BCUT2D eigenvalue weighted by molar-refractivity contribution is -0.0399. The molecule has 0 fully saturated rings. The molecule has 0 heterocycles. The molecule has 0 saturated carbocycles. The summed E-state index contributed by atoms with van der Waals surface area (Å²) in [7, 11) is 0. The summed E-state index contributed by atoms with van der Waals surface area (Å²) in [4.78, 5) is 0. The van der Waals surface area contributed by atoms with E-state index in [-0.39, 0.29) is 0 Å². The number of ether oxygens (including phenoxy) is 12. The lowest BCUT2D eigenvalue weighted by atomic mass is 9.80. The Morgan fingerprint density at radius 3 is 0.691 bits per heavy atom. The van der Waals surface area contributed by atoms with Crippen molar-refractivity contribution in [3.63, 3.8) is 0 Å². The molecule has 0 spiro atoms. The predicted molar refractivity (Wildman–Crippen MR) is 270 cm³/mol. The van der Waals surface area contributed by atoms with Crippen molar-refractivity contribution >= 4 is 0 Å². The summed E-state index contributed by atoms with van der Waals surface area (Å²) in [6, 6.07) is 31.0. The molecule has 12 heteroatoms. The number of hydrogen-bond donors (Lipinski definition) is 0. The van der Waals surface area contributed by atoms with Crippen LogP contribution in [0.1, 0.15) is 107 Å². The molecule has 68 heavy (non-hydrogen) atoms. The summed E-state index contributed by atoms with van der Waals surface area (Å²) in [5, 5.41) is 0. The van der Waals surface area contributed by atoms with Crippen LogP contribution in [0.3, 0.4) is 0 Å². The highest BCUT2D eigenvalue weighted by atomic mass is 16.6. The molecular weight excluding hydrogens is 865 g/mol. The van der Waals surface area contributed by atoms with Gasteiger partial charge in [0.05, 0.1) is 145 Å². The van der Waals surface area contributed by atoms with Crippen molar-refractivity contribution < 1.29 is 56.8 Å². The monoisotopic (exact) mass is 955 g/mol. The Hall–Kier alpha value is -2.82. The van der Waals surface area contributed by atoms with E-state index in [9.17, 15) is 0 Å². The highest BCUT2D eigenvalue weighted by Crippen LogP contribution is 2.40. The van der Waals surface area contributed by atoms with Crippen LogP contribution in [0.4, 0.5) is 0 Å². The van der Waals surface area contributed by atoms with Crippen LogP contribution in [0.15, 0.2) is 91.0 Å². The van der Waals surface area contributed by atoms with Crippen molar-refractivity contribution in [1.82, 2.24) is 0 Å². The zero-order valence-electron chi connectivity index (χ0n) is 42.0. The third-order valence-electron chi connectivity index (χ3n) is 11.2. The van der Waals surface area contributed by atoms with E-state index >= 15 is 0 Å². The second-order valence-corrected chi connectivity index (χ2v) is 16.6. The van der Waals surface area contributed by atoms with Crippen LogP contribution in [0, 0.1) is 0 Å². The van der Waals surface area contributed by atoms with Gasteiger partial charge in [-0.25, -0.2) is 0 Å². The minimum atomic E-state index is -0.753. The Morgan fingerprint density at radius 2 is 0.441 bits per heavy atom. The summed E-state index contributed by atoms with van der Waals surface area (Å²) in [5.41, 5.74) is 2.45. The number of rotatable bonds is 51. The molecule has 0 radical (unpaired) electrons. The van der Waals surface area contributed by atoms with Crippen LogP contribution < -0.4 is 0 Å². The van der Waals surface area contributed by atoms with Crippen LogP contribution in [0.2, 0.25) is 0 Å². The van der Waals surface area contributed by atoms with Gasteiger partial charge in [-0.2, -0.15) is 0 Å². The van der Waals surface area contributed by atoms with Gasteiger partial charge in [-0.3, -0.25) is 0 Å². The van der Waals surface area contributed by atoms with E-state index in [1.54, 1.807) is 0 Å². The quantitative estimate of drug-likeness (QED) is 0.0397. The molecular formula is C56H90O12. The van der Waals surface area contributed by atoms with E-state index in [0.717, 1.165) is 29.7 Å². The van der Waals surface area contributed by atoms with Gasteiger partial charge in [-0.1, -0.05) is 175 Å². The van der Waals surface area contributed by atoms with Crippen molar-refractivity contribution in [3.05, 3.63) is 108 Å². The Bertz CT molecular complexity index is 1360. The fourth-order valence-electron chi connectivity index (χ4n) is 7.55. The summed E-state index contributed by atoms with van der Waals surface area (Å²) in [6.45, 7) is 14.4. The highest BCUT2D eigenvalue weighted by molar-refractivity contribution is 5.47. The van der Waals surface area contributed by atoms with Crippen LogP contribution >= 0.6 is 0 Å². The standard InChI is InChI=1S/C56H90O12/c1-2-3-4-5-6-7-8-9-10-11-12-13-23-30-57-31-32-58-33-34-59-35-36-60-37-38-61-39-40-62-41-42-63-43-44-64-45-46-65-47-48-66-49-50-67-51-52-68-56(53-24-17-14-18-25-53,54-26-19-15-20-27-54)55-28-21-16-22-29-55/h14-22,24-29H,2-13,23,30-52H2,1H3. The lowest BCUT2D eigenvalue weighted by Crippen LogP contribution is -2.34. The topological polar surface area (TPSA) is 111 Å². The van der Waals surface area contributed by atoms with Gasteiger partial charge in [0, 0.05) is 6.61 Å². The van der Waals surface area contributed by atoms with E-state index in [4.69, 9.17) is 56.8 Å². The van der Waals surface area contributed by atoms with Crippen LogP contribution in [-0.4, -0.2) is 152 Å². The van der Waals surface area contributed by atoms with Gasteiger partial charge in [0.2, 0.25) is 0 Å². The fraction of sp³-hybridized carbons (Fsp3) is 0.679. The summed E-state index contributed by atoms with van der Waals surface area (Å²) in [5.74, 6) is 0. The molecule has 0 aliphatic carbocycles. The first kappa shape index (κ1) is 59.5. The zero-order valence-corrected chi connectivity index (χ0v) is 42.0. The van der Waals surface area contributed by atoms with Crippen LogP contribution in [0.5, 0.6) is 0 Å². The number of unbranched alkanes of at least 4 members (excludes halogenated alkanes) is 12. The molecule has 0 bridgehead atoms. The van der Waals surface area contributed by atoms with Gasteiger partial charge in [0.25, 0.3) is 0 Å². The Kier molecular flexibility index (Phi) is 39.7. The number of benzene rings is 3. The largest absolute Gasteiger partial charge is 0.379 e. The first-order valence-corrected chi connectivity index (χ1v) is 26.0. The molecule has 0 N–H and O–H groups in total. The van der Waals surface area contributed by atoms with Gasteiger partial charge >= 0.3 is 0 Å². The molecule has 3 aromatic rings.